The van der Waals surface area contributed by atoms with E-state index in [0.29, 0.717) is 18.8 Å². The number of thiazole rings is 1. The summed E-state index contributed by atoms with van der Waals surface area (Å²) in [7, 11) is 0. The Morgan fingerprint density at radius 1 is 1.33 bits per heavy atom. The molecule has 7 nitrogen and oxygen atoms in total. The van der Waals surface area contributed by atoms with Crippen molar-refractivity contribution in [2.45, 2.75) is 20.4 Å². The summed E-state index contributed by atoms with van der Waals surface area (Å²) in [5, 5.41) is 5.45. The van der Waals surface area contributed by atoms with Crippen LogP contribution >= 0.6 is 11.3 Å². The van der Waals surface area contributed by atoms with Crippen LogP contribution < -0.4 is 4.90 Å². The fourth-order valence-corrected chi connectivity index (χ4v) is 4.21. The predicted octanol–water partition coefficient (Wildman–Crippen LogP) is 2.86. The number of rotatable bonds is 5. The molecule has 1 aromatic carbocycles. The summed E-state index contributed by atoms with van der Waals surface area (Å²) in [6, 6.07) is 7.97. The molecule has 27 heavy (non-hydrogen) atoms. The Morgan fingerprint density at radius 3 is 2.93 bits per heavy atom. The normalized spacial score (nSPS) is 14.7. The average molecular weight is 386 g/mol. The summed E-state index contributed by atoms with van der Waals surface area (Å²) in [5.41, 5.74) is 3.34. The van der Waals surface area contributed by atoms with Gasteiger partial charge in [-0.1, -0.05) is 23.5 Å². The van der Waals surface area contributed by atoms with Crippen LogP contribution in [0.1, 0.15) is 28.7 Å². The highest BCUT2D eigenvalue weighted by molar-refractivity contribution is 7.22. The van der Waals surface area contributed by atoms with Crippen LogP contribution in [0, 0.1) is 6.92 Å². The minimum Gasteiger partial charge on any atom is -0.461 e. The lowest BCUT2D eigenvalue weighted by Gasteiger charge is -2.25. The van der Waals surface area contributed by atoms with E-state index in [9.17, 15) is 4.79 Å². The fraction of sp³-hybridized carbons (Fsp3) is 0.421. The van der Waals surface area contributed by atoms with Gasteiger partial charge in [-0.2, -0.15) is 5.10 Å². The van der Waals surface area contributed by atoms with E-state index < -0.39 is 0 Å². The average Bonchev–Trinajstić information content (AvgIpc) is 3.27. The number of hydrogen-bond acceptors (Lipinski definition) is 7. The molecule has 142 valence electrons. The number of hydrogen-bond donors (Lipinski definition) is 0. The van der Waals surface area contributed by atoms with Crippen LogP contribution in [-0.2, 0) is 16.0 Å². The van der Waals surface area contributed by atoms with E-state index in [4.69, 9.17) is 14.5 Å². The van der Waals surface area contributed by atoms with Gasteiger partial charge in [0.25, 0.3) is 0 Å². The lowest BCUT2D eigenvalue weighted by Crippen LogP contribution is -2.36. The summed E-state index contributed by atoms with van der Waals surface area (Å²) in [5.74, 6) is -0.388. The van der Waals surface area contributed by atoms with Crippen molar-refractivity contribution < 1.29 is 14.3 Å². The Morgan fingerprint density at radius 2 is 2.15 bits per heavy atom. The molecule has 0 radical (unpaired) electrons. The largest absolute Gasteiger partial charge is 0.461 e. The Bertz CT molecular complexity index is 959. The standard InChI is InChI=1S/C19H22N4O3S/c1-3-26-18(24)15-11-13(2)23(21-15)12-14-5-4-6-16-17(14)20-19(27-16)22-7-9-25-10-8-22/h4-6,11H,3,7-10,12H2,1-2H3. The van der Waals surface area contributed by atoms with Crippen molar-refractivity contribution in [2.75, 3.05) is 37.8 Å². The van der Waals surface area contributed by atoms with E-state index in [2.05, 4.69) is 22.1 Å². The van der Waals surface area contributed by atoms with Crippen molar-refractivity contribution >= 4 is 32.7 Å². The topological polar surface area (TPSA) is 69.5 Å². The number of morpholine rings is 1. The summed E-state index contributed by atoms with van der Waals surface area (Å²) in [6.45, 7) is 7.86. The molecule has 1 aliphatic rings. The number of aromatic nitrogens is 3. The number of carbonyl (C=O) groups is 1. The van der Waals surface area contributed by atoms with Gasteiger partial charge in [0, 0.05) is 24.3 Å². The molecule has 4 rings (SSSR count). The molecule has 8 heteroatoms. The van der Waals surface area contributed by atoms with Crippen molar-refractivity contribution in [3.63, 3.8) is 0 Å². The van der Waals surface area contributed by atoms with Crippen molar-refractivity contribution in [1.29, 1.82) is 0 Å². The van der Waals surface area contributed by atoms with Gasteiger partial charge in [-0.3, -0.25) is 4.68 Å². The highest BCUT2D eigenvalue weighted by Gasteiger charge is 2.18. The predicted molar refractivity (Wildman–Crippen MR) is 105 cm³/mol. The van der Waals surface area contributed by atoms with Crippen LogP contribution in [-0.4, -0.2) is 53.6 Å². The molecule has 3 aromatic rings. The quantitative estimate of drug-likeness (QED) is 0.628. The third kappa shape index (κ3) is 3.68. The number of carbonyl (C=O) groups excluding carboxylic acids is 1. The van der Waals surface area contributed by atoms with Gasteiger partial charge in [-0.25, -0.2) is 9.78 Å². The third-order valence-electron chi connectivity index (χ3n) is 4.56. The van der Waals surface area contributed by atoms with E-state index >= 15 is 0 Å². The van der Waals surface area contributed by atoms with Crippen LogP contribution in [0.2, 0.25) is 0 Å². The molecule has 0 saturated carbocycles. The lowest BCUT2D eigenvalue weighted by molar-refractivity contribution is 0.0518. The number of benzene rings is 1. The lowest BCUT2D eigenvalue weighted by atomic mass is 10.2. The highest BCUT2D eigenvalue weighted by atomic mass is 32.1. The number of nitrogens with zero attached hydrogens (tertiary/aromatic N) is 4. The second-order valence-electron chi connectivity index (χ2n) is 6.41. The van der Waals surface area contributed by atoms with Gasteiger partial charge < -0.3 is 14.4 Å². The first kappa shape index (κ1) is 17.9. The van der Waals surface area contributed by atoms with Crippen molar-refractivity contribution in [3.8, 4) is 0 Å². The summed E-state index contributed by atoms with van der Waals surface area (Å²) in [6.07, 6.45) is 0. The number of esters is 1. The van der Waals surface area contributed by atoms with E-state index in [-0.39, 0.29) is 5.97 Å². The number of anilines is 1. The number of ether oxygens (including phenoxy) is 2. The van der Waals surface area contributed by atoms with Gasteiger partial charge in [0.05, 0.1) is 36.6 Å². The smallest absolute Gasteiger partial charge is 0.358 e. The second kappa shape index (κ2) is 7.66. The van der Waals surface area contributed by atoms with E-state index in [0.717, 1.165) is 52.9 Å². The van der Waals surface area contributed by atoms with Crippen molar-refractivity contribution in [3.05, 3.63) is 41.2 Å². The molecule has 0 unspecified atom stereocenters. The number of aryl methyl sites for hydroxylation is 1. The van der Waals surface area contributed by atoms with Crippen LogP contribution in [0.5, 0.6) is 0 Å². The first-order valence-corrected chi connectivity index (χ1v) is 9.90. The molecule has 1 saturated heterocycles. The second-order valence-corrected chi connectivity index (χ2v) is 7.42. The molecular weight excluding hydrogens is 364 g/mol. The molecule has 3 heterocycles. The van der Waals surface area contributed by atoms with Gasteiger partial charge in [0.2, 0.25) is 0 Å². The molecule has 0 atom stereocenters. The first-order valence-electron chi connectivity index (χ1n) is 9.08. The SMILES string of the molecule is CCOC(=O)c1cc(C)n(Cc2cccc3sc(N4CCOCC4)nc23)n1. The van der Waals surface area contributed by atoms with Crippen LogP contribution in [0.3, 0.4) is 0 Å². The van der Waals surface area contributed by atoms with Crippen molar-refractivity contribution in [1.82, 2.24) is 14.8 Å². The summed E-state index contributed by atoms with van der Waals surface area (Å²) >= 11 is 1.70. The van der Waals surface area contributed by atoms with Gasteiger partial charge in [0.15, 0.2) is 10.8 Å². The van der Waals surface area contributed by atoms with E-state index in [1.807, 2.05) is 17.7 Å². The zero-order chi connectivity index (χ0) is 18.8. The molecular formula is C19H22N4O3S. The highest BCUT2D eigenvalue weighted by Crippen LogP contribution is 2.31. The molecule has 2 aromatic heterocycles. The van der Waals surface area contributed by atoms with Crippen LogP contribution in [0.4, 0.5) is 5.13 Å². The molecule has 1 fully saturated rings. The van der Waals surface area contributed by atoms with Gasteiger partial charge in [0.1, 0.15) is 0 Å². The van der Waals surface area contributed by atoms with Crippen molar-refractivity contribution in [2.24, 2.45) is 0 Å². The maximum Gasteiger partial charge on any atom is 0.358 e. The zero-order valence-corrected chi connectivity index (χ0v) is 16.3. The Labute approximate surface area is 161 Å². The number of para-hydroxylation sites is 1. The van der Waals surface area contributed by atoms with Crippen LogP contribution in [0.15, 0.2) is 24.3 Å². The first-order chi connectivity index (χ1) is 13.2. The van der Waals surface area contributed by atoms with E-state index in [1.54, 1.807) is 24.3 Å². The minimum atomic E-state index is -0.388. The maximum absolute atomic E-state index is 11.9. The summed E-state index contributed by atoms with van der Waals surface area (Å²) < 4.78 is 13.5. The van der Waals surface area contributed by atoms with Crippen LogP contribution in [0.25, 0.3) is 10.2 Å². The van der Waals surface area contributed by atoms with Gasteiger partial charge in [-0.05, 0) is 26.0 Å². The van der Waals surface area contributed by atoms with E-state index in [1.165, 1.54) is 0 Å². The maximum atomic E-state index is 11.9. The fourth-order valence-electron chi connectivity index (χ4n) is 3.15. The Kier molecular flexibility index (Phi) is 5.09. The van der Waals surface area contributed by atoms with Gasteiger partial charge in [-0.15, -0.1) is 0 Å². The summed E-state index contributed by atoms with van der Waals surface area (Å²) in [4.78, 5) is 19.1. The Hall–Kier alpha value is -2.45. The molecule has 0 N–H and O–H groups in total. The molecule has 0 aliphatic carbocycles. The minimum absolute atomic E-state index is 0.340. The van der Waals surface area contributed by atoms with Gasteiger partial charge >= 0.3 is 5.97 Å². The molecule has 0 spiro atoms. The Balaban J connectivity index is 1.62. The monoisotopic (exact) mass is 386 g/mol. The molecule has 0 bridgehead atoms. The number of fused-ring (bicyclic) bond motifs is 1. The molecule has 1 aliphatic heterocycles. The third-order valence-corrected chi connectivity index (χ3v) is 5.64. The zero-order valence-electron chi connectivity index (χ0n) is 15.5. The molecule has 0 amide bonds.